The monoisotopic (exact) mass is 504 g/mol. The van der Waals surface area contributed by atoms with E-state index in [1.165, 1.54) is 11.8 Å². The summed E-state index contributed by atoms with van der Waals surface area (Å²) in [6.07, 6.45) is 0.448. The number of carbonyl (C=O) groups excluding carboxylic acids is 3. The number of benzene rings is 2. The molecule has 2 aromatic carbocycles. The van der Waals surface area contributed by atoms with Crippen LogP contribution in [-0.2, 0) is 16.0 Å². The lowest BCUT2D eigenvalue weighted by Crippen LogP contribution is -2.26. The van der Waals surface area contributed by atoms with E-state index in [-0.39, 0.29) is 17.6 Å². The second kappa shape index (κ2) is 11.9. The highest BCUT2D eigenvalue weighted by Crippen LogP contribution is 2.17. The third-order valence-corrected chi connectivity index (χ3v) is 5.92. The summed E-state index contributed by atoms with van der Waals surface area (Å²) in [6.45, 7) is 2.42. The number of hydrogen-bond donors (Lipinski definition) is 2. The number of anilines is 1. The zero-order chi connectivity index (χ0) is 25.3. The van der Waals surface area contributed by atoms with Crippen LogP contribution in [0.15, 0.2) is 71.8 Å². The first-order valence-electron chi connectivity index (χ1n) is 11.3. The standard InChI is InChI=1S/C25H24N6O4S/c1-2-35-25(34)18-8-10-19(11-9-18)27-22(32)16-36-23-13-12-20-28-29-21(31(20)30-23)14-15-26-24(33)17-6-4-3-5-7-17/h3-13H,2,14-16H2,1H3,(H,26,33)(H,27,32). The Labute approximate surface area is 211 Å². The minimum atomic E-state index is -0.403. The summed E-state index contributed by atoms with van der Waals surface area (Å²) in [6, 6.07) is 19.0. The van der Waals surface area contributed by atoms with Crippen molar-refractivity contribution in [1.29, 1.82) is 0 Å². The topological polar surface area (TPSA) is 128 Å². The van der Waals surface area contributed by atoms with Gasteiger partial charge in [0.05, 0.1) is 17.9 Å². The summed E-state index contributed by atoms with van der Waals surface area (Å²) in [5.74, 6) is -0.0252. The molecule has 0 unspecified atom stereocenters. The molecule has 2 heterocycles. The molecule has 0 aliphatic heterocycles. The number of nitrogens with one attached hydrogen (secondary N) is 2. The number of thioether (sulfide) groups is 1. The highest BCUT2D eigenvalue weighted by Gasteiger charge is 2.12. The van der Waals surface area contributed by atoms with Crippen LogP contribution >= 0.6 is 11.8 Å². The predicted molar refractivity (Wildman–Crippen MR) is 135 cm³/mol. The van der Waals surface area contributed by atoms with Crippen molar-refractivity contribution in [3.05, 3.63) is 83.7 Å². The fraction of sp³-hybridized carbons (Fsp3) is 0.200. The molecule has 0 aliphatic carbocycles. The fourth-order valence-corrected chi connectivity index (χ4v) is 3.92. The molecule has 10 nitrogen and oxygen atoms in total. The van der Waals surface area contributed by atoms with Crippen molar-refractivity contribution in [2.75, 3.05) is 24.2 Å². The van der Waals surface area contributed by atoms with Gasteiger partial charge in [0, 0.05) is 24.2 Å². The number of ether oxygens (including phenoxy) is 1. The van der Waals surface area contributed by atoms with Crippen LogP contribution in [0.5, 0.6) is 0 Å². The third kappa shape index (κ3) is 6.45. The minimum Gasteiger partial charge on any atom is -0.462 e. The van der Waals surface area contributed by atoms with Crippen molar-refractivity contribution in [3.8, 4) is 0 Å². The van der Waals surface area contributed by atoms with Crippen molar-refractivity contribution in [2.24, 2.45) is 0 Å². The van der Waals surface area contributed by atoms with E-state index in [0.29, 0.717) is 52.9 Å². The lowest BCUT2D eigenvalue weighted by Gasteiger charge is -2.07. The molecule has 0 fully saturated rings. The molecule has 36 heavy (non-hydrogen) atoms. The number of rotatable bonds is 10. The van der Waals surface area contributed by atoms with Crippen molar-refractivity contribution in [2.45, 2.75) is 18.4 Å². The Morgan fingerprint density at radius 1 is 0.944 bits per heavy atom. The van der Waals surface area contributed by atoms with Crippen LogP contribution in [0.2, 0.25) is 0 Å². The van der Waals surface area contributed by atoms with Crippen LogP contribution in [0.3, 0.4) is 0 Å². The predicted octanol–water partition coefficient (Wildman–Crippen LogP) is 3.00. The molecule has 11 heteroatoms. The van der Waals surface area contributed by atoms with Crippen LogP contribution in [0, 0.1) is 0 Å². The molecule has 4 rings (SSSR count). The SMILES string of the molecule is CCOC(=O)c1ccc(NC(=O)CSc2ccc3nnc(CCNC(=O)c4ccccc4)n3n2)cc1. The lowest BCUT2D eigenvalue weighted by atomic mass is 10.2. The second-order valence-electron chi connectivity index (χ2n) is 7.56. The first kappa shape index (κ1) is 24.9. The molecule has 2 amide bonds. The average molecular weight is 505 g/mol. The summed E-state index contributed by atoms with van der Waals surface area (Å²) >= 11 is 1.27. The van der Waals surface area contributed by atoms with Crippen LogP contribution in [0.1, 0.15) is 33.5 Å². The average Bonchev–Trinajstić information content (AvgIpc) is 3.30. The molecule has 184 valence electrons. The highest BCUT2D eigenvalue weighted by molar-refractivity contribution is 7.99. The summed E-state index contributed by atoms with van der Waals surface area (Å²) in [5.41, 5.74) is 2.17. The Morgan fingerprint density at radius 3 is 2.47 bits per heavy atom. The molecule has 0 bridgehead atoms. The van der Waals surface area contributed by atoms with Gasteiger partial charge in [-0.2, -0.15) is 9.61 Å². The maximum atomic E-state index is 12.4. The lowest BCUT2D eigenvalue weighted by molar-refractivity contribution is -0.113. The Kier molecular flexibility index (Phi) is 8.24. The first-order chi connectivity index (χ1) is 17.5. The molecule has 0 aliphatic rings. The molecular weight excluding hydrogens is 480 g/mol. The van der Waals surface area contributed by atoms with Crippen molar-refractivity contribution in [1.82, 2.24) is 25.1 Å². The van der Waals surface area contributed by atoms with Gasteiger partial charge < -0.3 is 15.4 Å². The van der Waals surface area contributed by atoms with Gasteiger partial charge in [-0.3, -0.25) is 9.59 Å². The molecule has 0 saturated carbocycles. The summed E-state index contributed by atoms with van der Waals surface area (Å²) in [4.78, 5) is 36.3. The van der Waals surface area contributed by atoms with E-state index in [1.54, 1.807) is 60.0 Å². The molecule has 0 atom stereocenters. The molecule has 0 spiro atoms. The van der Waals surface area contributed by atoms with Gasteiger partial charge in [-0.05, 0) is 55.5 Å². The van der Waals surface area contributed by atoms with E-state index in [0.717, 1.165) is 0 Å². The van der Waals surface area contributed by atoms with E-state index in [4.69, 9.17) is 4.74 Å². The number of carbonyl (C=O) groups is 3. The molecule has 0 radical (unpaired) electrons. The Balaban J connectivity index is 1.30. The van der Waals surface area contributed by atoms with Crippen LogP contribution < -0.4 is 10.6 Å². The number of amides is 2. The quantitative estimate of drug-likeness (QED) is 0.249. The van der Waals surface area contributed by atoms with Crippen LogP contribution in [0.25, 0.3) is 5.65 Å². The highest BCUT2D eigenvalue weighted by atomic mass is 32.2. The van der Waals surface area contributed by atoms with Crippen LogP contribution in [-0.4, -0.2) is 56.5 Å². The zero-order valence-corrected chi connectivity index (χ0v) is 20.3. The fourth-order valence-electron chi connectivity index (χ4n) is 3.27. The van der Waals surface area contributed by atoms with Gasteiger partial charge >= 0.3 is 5.97 Å². The van der Waals surface area contributed by atoms with Gasteiger partial charge in [-0.15, -0.1) is 10.2 Å². The molecule has 0 saturated heterocycles. The number of fused-ring (bicyclic) bond motifs is 1. The molecular formula is C25H24N6O4S. The van der Waals surface area contributed by atoms with Gasteiger partial charge in [0.15, 0.2) is 11.5 Å². The van der Waals surface area contributed by atoms with E-state index in [2.05, 4.69) is 25.9 Å². The van der Waals surface area contributed by atoms with Crippen molar-refractivity contribution < 1.29 is 19.1 Å². The second-order valence-corrected chi connectivity index (χ2v) is 8.56. The summed E-state index contributed by atoms with van der Waals surface area (Å²) < 4.78 is 6.57. The van der Waals surface area contributed by atoms with E-state index in [1.807, 2.05) is 18.2 Å². The minimum absolute atomic E-state index is 0.142. The molecule has 2 N–H and O–H groups in total. The van der Waals surface area contributed by atoms with Gasteiger partial charge in [0.25, 0.3) is 5.91 Å². The van der Waals surface area contributed by atoms with E-state index >= 15 is 0 Å². The number of aromatic nitrogens is 4. The first-order valence-corrected chi connectivity index (χ1v) is 12.3. The Hall–Kier alpha value is -4.25. The number of nitrogens with zero attached hydrogens (tertiary/aromatic N) is 4. The maximum absolute atomic E-state index is 12.4. The largest absolute Gasteiger partial charge is 0.462 e. The smallest absolute Gasteiger partial charge is 0.338 e. The van der Waals surface area contributed by atoms with Gasteiger partial charge in [0.2, 0.25) is 5.91 Å². The third-order valence-electron chi connectivity index (χ3n) is 5.00. The normalized spacial score (nSPS) is 10.7. The summed E-state index contributed by atoms with van der Waals surface area (Å²) in [7, 11) is 0. The maximum Gasteiger partial charge on any atom is 0.338 e. The van der Waals surface area contributed by atoms with E-state index < -0.39 is 5.97 Å². The van der Waals surface area contributed by atoms with Gasteiger partial charge in [0.1, 0.15) is 5.03 Å². The Morgan fingerprint density at radius 2 is 1.72 bits per heavy atom. The van der Waals surface area contributed by atoms with Gasteiger partial charge in [-0.1, -0.05) is 30.0 Å². The van der Waals surface area contributed by atoms with Gasteiger partial charge in [-0.25, -0.2) is 4.79 Å². The number of esters is 1. The molecule has 2 aromatic heterocycles. The van der Waals surface area contributed by atoms with Crippen LogP contribution in [0.4, 0.5) is 5.69 Å². The number of hydrogen-bond acceptors (Lipinski definition) is 8. The van der Waals surface area contributed by atoms with E-state index in [9.17, 15) is 14.4 Å². The summed E-state index contributed by atoms with van der Waals surface area (Å²) in [5, 5.41) is 19.1. The molecule has 4 aromatic rings. The zero-order valence-electron chi connectivity index (χ0n) is 19.5. The van der Waals surface area contributed by atoms with Crippen molar-refractivity contribution in [3.63, 3.8) is 0 Å². The Bertz CT molecular complexity index is 1360. The van der Waals surface area contributed by atoms with Crippen molar-refractivity contribution >= 4 is 40.9 Å².